The van der Waals surface area contributed by atoms with Crippen LogP contribution in [0.1, 0.15) is 58.3 Å². The Hall–Kier alpha value is -4.57. The molecule has 0 saturated carbocycles. The average molecular weight is 564 g/mol. The van der Waals surface area contributed by atoms with E-state index in [1.807, 2.05) is 66.6 Å². The number of likely N-dealkylation sites (tertiary alicyclic amines) is 1. The number of amides is 1. The van der Waals surface area contributed by atoms with Crippen molar-refractivity contribution in [2.24, 2.45) is 0 Å². The predicted octanol–water partition coefficient (Wildman–Crippen LogP) is 6.09. The Labute approximate surface area is 241 Å². The molecule has 1 aromatic carbocycles. The van der Waals surface area contributed by atoms with Gasteiger partial charge in [0.15, 0.2) is 0 Å². The summed E-state index contributed by atoms with van der Waals surface area (Å²) in [5.41, 5.74) is 3.52. The fourth-order valence-corrected chi connectivity index (χ4v) is 6.10. The Morgan fingerprint density at radius 2 is 1.90 bits per heavy atom. The van der Waals surface area contributed by atoms with E-state index in [9.17, 15) is 4.79 Å². The van der Waals surface area contributed by atoms with Crippen molar-refractivity contribution in [1.82, 2.24) is 30.0 Å². The zero-order valence-corrected chi connectivity index (χ0v) is 23.6. The van der Waals surface area contributed by atoms with Crippen molar-refractivity contribution in [2.75, 3.05) is 6.54 Å². The van der Waals surface area contributed by atoms with Gasteiger partial charge in [0.1, 0.15) is 10.7 Å². The first-order chi connectivity index (χ1) is 19.9. The highest BCUT2D eigenvalue weighted by Gasteiger charge is 2.34. The molecule has 1 aliphatic rings. The second-order valence-corrected chi connectivity index (χ2v) is 11.4. The third-order valence-corrected chi connectivity index (χ3v) is 8.41. The van der Waals surface area contributed by atoms with E-state index in [-0.39, 0.29) is 17.8 Å². The summed E-state index contributed by atoms with van der Waals surface area (Å²) in [4.78, 5) is 29.5. The number of nitrogens with one attached hydrogen (secondary N) is 1. The quantitative estimate of drug-likeness (QED) is 0.227. The summed E-state index contributed by atoms with van der Waals surface area (Å²) in [6, 6.07) is 17.1. The van der Waals surface area contributed by atoms with Crippen molar-refractivity contribution in [1.29, 1.82) is 5.41 Å². The van der Waals surface area contributed by atoms with Gasteiger partial charge in [0.05, 0.1) is 17.2 Å². The van der Waals surface area contributed by atoms with E-state index in [1.165, 1.54) is 6.21 Å². The number of benzene rings is 1. The van der Waals surface area contributed by atoms with Gasteiger partial charge in [0.2, 0.25) is 5.89 Å². The minimum absolute atomic E-state index is 0.0523. The molecular weight excluding hydrogens is 534 g/mol. The van der Waals surface area contributed by atoms with Crippen LogP contribution in [0, 0.1) is 12.3 Å². The minimum Gasteiger partial charge on any atom is -0.418 e. The number of hydrogen-bond donors (Lipinski definition) is 1. The maximum absolute atomic E-state index is 14.0. The van der Waals surface area contributed by atoms with Gasteiger partial charge in [-0.1, -0.05) is 30.3 Å². The minimum atomic E-state index is -0.803. The monoisotopic (exact) mass is 563 g/mol. The molecule has 9 nitrogen and oxygen atoms in total. The molecule has 2 unspecified atom stereocenters. The number of pyridine rings is 2. The van der Waals surface area contributed by atoms with Crippen LogP contribution in [0.25, 0.3) is 22.8 Å². The lowest BCUT2D eigenvalue weighted by Gasteiger charge is -2.23. The maximum Gasteiger partial charge on any atom is 0.266 e. The number of carbonyl (C=O) groups is 1. The molecule has 6 rings (SSSR count). The van der Waals surface area contributed by atoms with Crippen LogP contribution in [0.3, 0.4) is 0 Å². The van der Waals surface area contributed by atoms with Gasteiger partial charge in [0.25, 0.3) is 11.8 Å². The van der Waals surface area contributed by atoms with Crippen LogP contribution in [-0.4, -0.2) is 48.7 Å². The van der Waals surface area contributed by atoms with Crippen LogP contribution in [-0.2, 0) is 11.8 Å². The number of nitrogens with zero attached hydrogens (tertiary/aromatic N) is 6. The van der Waals surface area contributed by atoms with E-state index >= 15 is 0 Å². The molecule has 1 N–H and O–H groups in total. The van der Waals surface area contributed by atoms with Crippen molar-refractivity contribution in [3.63, 3.8) is 0 Å². The van der Waals surface area contributed by atoms with E-state index in [2.05, 4.69) is 20.2 Å². The SMILES string of the molecule is Cc1csc(C2CCCN2C(=O)c2cc(-c3ccncc3)nc(-c3nnc(C(C)(C=N)Cc4ccccc4)o3)c2)n1. The number of thiazole rings is 1. The lowest BCUT2D eigenvalue weighted by atomic mass is 9.84. The highest BCUT2D eigenvalue weighted by atomic mass is 32.1. The van der Waals surface area contributed by atoms with Crippen LogP contribution in [0.15, 0.2) is 76.8 Å². The molecule has 41 heavy (non-hydrogen) atoms. The summed E-state index contributed by atoms with van der Waals surface area (Å²) in [5.74, 6) is 0.418. The average Bonchev–Trinajstić information content (AvgIpc) is 3.79. The van der Waals surface area contributed by atoms with E-state index in [4.69, 9.17) is 14.8 Å². The third kappa shape index (κ3) is 5.43. The van der Waals surface area contributed by atoms with E-state index in [0.717, 1.165) is 34.7 Å². The summed E-state index contributed by atoms with van der Waals surface area (Å²) in [6.07, 6.45) is 7.04. The van der Waals surface area contributed by atoms with Gasteiger partial charge in [0, 0.05) is 47.4 Å². The Morgan fingerprint density at radius 3 is 2.63 bits per heavy atom. The summed E-state index contributed by atoms with van der Waals surface area (Å²) in [5, 5.41) is 19.8. The topological polar surface area (TPSA) is 122 Å². The summed E-state index contributed by atoms with van der Waals surface area (Å²) < 4.78 is 6.16. The van der Waals surface area contributed by atoms with Gasteiger partial charge in [-0.3, -0.25) is 9.78 Å². The Balaban J connectivity index is 1.38. The number of aryl methyl sites for hydroxylation is 1. The lowest BCUT2D eigenvalue weighted by molar-refractivity contribution is 0.0735. The third-order valence-electron chi connectivity index (χ3n) is 7.35. The molecule has 1 aliphatic heterocycles. The first-order valence-corrected chi connectivity index (χ1v) is 14.4. The second-order valence-electron chi connectivity index (χ2n) is 10.5. The molecule has 0 aliphatic carbocycles. The standard InChI is InChI=1S/C31H29N7O2S/c1-20-18-41-28(34-20)26-9-6-14-38(26)29(39)23-15-24(22-10-12-33-13-11-22)35-25(16-23)27-36-37-30(40-27)31(2,19-32)17-21-7-4-3-5-8-21/h3-5,7-8,10-13,15-16,18-19,26,32H,6,9,14,17H2,1-2H3. The van der Waals surface area contributed by atoms with Crippen molar-refractivity contribution in [3.05, 3.63) is 100 Å². The Bertz CT molecular complexity index is 1690. The van der Waals surface area contributed by atoms with E-state index < -0.39 is 5.41 Å². The lowest BCUT2D eigenvalue weighted by Crippen LogP contribution is -2.30. The summed E-state index contributed by atoms with van der Waals surface area (Å²) >= 11 is 1.59. The molecule has 2 atom stereocenters. The maximum atomic E-state index is 14.0. The van der Waals surface area contributed by atoms with Crippen LogP contribution in [0.2, 0.25) is 0 Å². The molecule has 1 amide bonds. The number of aromatic nitrogens is 5. The first-order valence-electron chi connectivity index (χ1n) is 13.5. The van der Waals surface area contributed by atoms with Crippen molar-refractivity contribution < 1.29 is 9.21 Å². The Kier molecular flexibility index (Phi) is 7.23. The number of rotatable bonds is 8. The highest BCUT2D eigenvalue weighted by molar-refractivity contribution is 7.09. The van der Waals surface area contributed by atoms with Crippen molar-refractivity contribution >= 4 is 23.5 Å². The number of hydrogen-bond acceptors (Lipinski definition) is 9. The second kappa shape index (κ2) is 11.1. The highest BCUT2D eigenvalue weighted by Crippen LogP contribution is 2.36. The smallest absolute Gasteiger partial charge is 0.266 e. The first kappa shape index (κ1) is 26.6. The van der Waals surface area contributed by atoms with Crippen LogP contribution in [0.4, 0.5) is 0 Å². The molecular formula is C31H29N7O2S. The fraction of sp³-hybridized carbons (Fsp3) is 0.258. The number of carbonyl (C=O) groups excluding carboxylic acids is 1. The van der Waals surface area contributed by atoms with Gasteiger partial charge in [-0.2, -0.15) is 0 Å². The predicted molar refractivity (Wildman–Crippen MR) is 157 cm³/mol. The normalized spacial score (nSPS) is 16.4. The fourth-order valence-electron chi connectivity index (χ4n) is 5.16. The zero-order chi connectivity index (χ0) is 28.4. The molecule has 5 heterocycles. The van der Waals surface area contributed by atoms with Crippen molar-refractivity contribution in [3.8, 4) is 22.8 Å². The largest absolute Gasteiger partial charge is 0.418 e. The molecule has 206 valence electrons. The van der Waals surface area contributed by atoms with E-state index in [1.54, 1.807) is 35.9 Å². The van der Waals surface area contributed by atoms with E-state index in [0.29, 0.717) is 35.8 Å². The molecule has 0 spiro atoms. The summed E-state index contributed by atoms with van der Waals surface area (Å²) in [6.45, 7) is 4.53. The summed E-state index contributed by atoms with van der Waals surface area (Å²) in [7, 11) is 0. The van der Waals surface area contributed by atoms with Crippen LogP contribution in [0.5, 0.6) is 0 Å². The van der Waals surface area contributed by atoms with Crippen LogP contribution >= 0.6 is 11.3 Å². The molecule has 1 fully saturated rings. The molecule has 4 aromatic heterocycles. The van der Waals surface area contributed by atoms with Gasteiger partial charge >= 0.3 is 0 Å². The molecule has 0 radical (unpaired) electrons. The molecule has 1 saturated heterocycles. The van der Waals surface area contributed by atoms with Gasteiger partial charge in [-0.25, -0.2) is 9.97 Å². The van der Waals surface area contributed by atoms with Crippen LogP contribution < -0.4 is 0 Å². The van der Waals surface area contributed by atoms with Gasteiger partial charge in [-0.15, -0.1) is 21.5 Å². The van der Waals surface area contributed by atoms with Gasteiger partial charge < -0.3 is 14.7 Å². The zero-order valence-electron chi connectivity index (χ0n) is 22.8. The molecule has 5 aromatic rings. The van der Waals surface area contributed by atoms with Crippen molar-refractivity contribution in [2.45, 2.75) is 44.6 Å². The van der Waals surface area contributed by atoms with Gasteiger partial charge in [-0.05, 0) is 62.9 Å². The Morgan fingerprint density at radius 1 is 1.12 bits per heavy atom. The molecule has 0 bridgehead atoms. The molecule has 10 heteroatoms.